The van der Waals surface area contributed by atoms with Crippen LogP contribution in [0, 0.1) is 0 Å². The summed E-state index contributed by atoms with van der Waals surface area (Å²) in [6.45, 7) is 11.1. The largest absolute Gasteiger partial charge is 0.489 e. The molecule has 0 aliphatic rings. The van der Waals surface area contributed by atoms with E-state index >= 15 is 0 Å². The summed E-state index contributed by atoms with van der Waals surface area (Å²) < 4.78 is 18.3. The first kappa shape index (κ1) is 32.3. The van der Waals surface area contributed by atoms with Gasteiger partial charge in [-0.1, -0.05) is 73.8 Å². The molecular formula is C37H32N2O5S2. The molecule has 0 unspecified atom stereocenters. The van der Waals surface area contributed by atoms with Gasteiger partial charge in [0.25, 0.3) is 0 Å². The summed E-state index contributed by atoms with van der Waals surface area (Å²) in [5, 5.41) is 1.90. The van der Waals surface area contributed by atoms with Gasteiger partial charge in [-0.05, 0) is 55.8 Å². The number of hydrogen-bond acceptors (Lipinski definition) is 9. The fourth-order valence-corrected chi connectivity index (χ4v) is 6.14. The monoisotopic (exact) mass is 648 g/mol. The summed E-state index contributed by atoms with van der Waals surface area (Å²) in [6, 6.07) is 31.8. The zero-order chi connectivity index (χ0) is 32.5. The number of ether oxygens (including phenoxy) is 3. The van der Waals surface area contributed by atoms with Crippen LogP contribution in [0.2, 0.25) is 0 Å². The molecule has 0 bridgehead atoms. The Hall–Kier alpha value is -5.12. The van der Waals surface area contributed by atoms with E-state index in [9.17, 15) is 9.59 Å². The molecule has 6 rings (SSSR count). The molecule has 0 saturated heterocycles. The van der Waals surface area contributed by atoms with E-state index in [1.807, 2.05) is 84.9 Å². The highest BCUT2D eigenvalue weighted by atomic mass is 32.1. The average Bonchev–Trinajstić information content (AvgIpc) is 3.71. The van der Waals surface area contributed by atoms with Crippen LogP contribution in [0.5, 0.6) is 5.75 Å². The Balaban J connectivity index is 0.000000182. The quantitative estimate of drug-likeness (QED) is 0.0832. The Morgan fingerprint density at radius 2 is 1.20 bits per heavy atom. The van der Waals surface area contributed by atoms with E-state index in [-0.39, 0.29) is 25.8 Å². The number of esters is 2. The summed E-state index contributed by atoms with van der Waals surface area (Å²) in [6.07, 6.45) is 0. The highest BCUT2D eigenvalue weighted by Crippen LogP contribution is 2.35. The first-order chi connectivity index (χ1) is 22.3. The Bertz CT molecular complexity index is 1940. The number of hydrogen-bond donors (Lipinski definition) is 0. The minimum atomic E-state index is -0.405. The van der Waals surface area contributed by atoms with Crippen molar-refractivity contribution < 1.29 is 23.8 Å². The van der Waals surface area contributed by atoms with Gasteiger partial charge in [-0.25, -0.2) is 19.6 Å². The molecule has 0 aliphatic carbocycles. The Kier molecular flexibility index (Phi) is 10.7. The van der Waals surface area contributed by atoms with Crippen molar-refractivity contribution in [3.63, 3.8) is 0 Å². The highest BCUT2D eigenvalue weighted by molar-refractivity contribution is 7.22. The predicted octanol–water partition coefficient (Wildman–Crippen LogP) is 9.04. The number of nitrogens with zero attached hydrogens (tertiary/aromatic N) is 2. The number of benzene rings is 4. The van der Waals surface area contributed by atoms with Crippen LogP contribution in [0.15, 0.2) is 121 Å². The molecule has 7 nitrogen and oxygen atoms in total. The SMILES string of the molecule is C=C(C)C(=O)OCCOc1ccccc1-c1nc2ccccc2s1.C=C(C)C(=O)OCc1ccc(-c2nc3ccccc3s2)cc1. The number of rotatable bonds is 10. The van der Waals surface area contributed by atoms with E-state index in [1.54, 1.807) is 36.5 Å². The lowest BCUT2D eigenvalue weighted by molar-refractivity contribution is -0.140. The number of fused-ring (bicyclic) bond motifs is 2. The van der Waals surface area contributed by atoms with E-state index in [4.69, 9.17) is 14.2 Å². The molecule has 0 radical (unpaired) electrons. The molecule has 6 aromatic rings. The average molecular weight is 649 g/mol. The van der Waals surface area contributed by atoms with Gasteiger partial charge in [0.2, 0.25) is 0 Å². The van der Waals surface area contributed by atoms with Crippen LogP contribution in [-0.4, -0.2) is 35.1 Å². The second-order valence-corrected chi connectivity index (χ2v) is 12.3. The molecule has 0 fully saturated rings. The third-order valence-corrected chi connectivity index (χ3v) is 8.70. The molecule has 0 atom stereocenters. The van der Waals surface area contributed by atoms with Gasteiger partial charge in [-0.15, -0.1) is 22.7 Å². The molecule has 232 valence electrons. The minimum Gasteiger partial charge on any atom is -0.489 e. The number of aromatic nitrogens is 2. The molecule has 0 spiro atoms. The van der Waals surface area contributed by atoms with Crippen molar-refractivity contribution in [2.45, 2.75) is 20.5 Å². The zero-order valence-corrected chi connectivity index (χ0v) is 27.2. The maximum Gasteiger partial charge on any atom is 0.333 e. The normalized spacial score (nSPS) is 10.6. The van der Waals surface area contributed by atoms with Gasteiger partial charge < -0.3 is 14.2 Å². The van der Waals surface area contributed by atoms with Gasteiger partial charge in [-0.2, -0.15) is 0 Å². The van der Waals surface area contributed by atoms with E-state index in [1.165, 1.54) is 4.70 Å². The lowest BCUT2D eigenvalue weighted by Crippen LogP contribution is -2.12. The van der Waals surface area contributed by atoms with Crippen molar-refractivity contribution in [1.82, 2.24) is 9.97 Å². The van der Waals surface area contributed by atoms with Gasteiger partial charge in [0.05, 0.1) is 26.0 Å². The van der Waals surface area contributed by atoms with Gasteiger partial charge in [0, 0.05) is 16.7 Å². The second kappa shape index (κ2) is 15.2. The zero-order valence-electron chi connectivity index (χ0n) is 25.5. The van der Waals surface area contributed by atoms with Crippen molar-refractivity contribution in [1.29, 1.82) is 0 Å². The highest BCUT2D eigenvalue weighted by Gasteiger charge is 2.12. The van der Waals surface area contributed by atoms with Crippen LogP contribution >= 0.6 is 22.7 Å². The van der Waals surface area contributed by atoms with Crippen molar-refractivity contribution in [3.05, 3.63) is 127 Å². The molecule has 2 heterocycles. The fourth-order valence-electron chi connectivity index (χ4n) is 4.18. The van der Waals surface area contributed by atoms with Crippen LogP contribution in [0.4, 0.5) is 0 Å². The topological polar surface area (TPSA) is 87.6 Å². The molecule has 0 aliphatic heterocycles. The van der Waals surface area contributed by atoms with E-state index < -0.39 is 5.97 Å². The Labute approximate surface area is 275 Å². The maximum absolute atomic E-state index is 11.4. The summed E-state index contributed by atoms with van der Waals surface area (Å²) in [5.74, 6) is -0.0452. The summed E-state index contributed by atoms with van der Waals surface area (Å²) >= 11 is 3.29. The second-order valence-electron chi connectivity index (χ2n) is 10.3. The predicted molar refractivity (Wildman–Crippen MR) is 186 cm³/mol. The lowest BCUT2D eigenvalue weighted by atomic mass is 10.1. The molecule has 2 aromatic heterocycles. The first-order valence-corrected chi connectivity index (χ1v) is 16.1. The molecule has 4 aromatic carbocycles. The molecule has 9 heteroatoms. The van der Waals surface area contributed by atoms with Gasteiger partial charge in [0.15, 0.2) is 0 Å². The van der Waals surface area contributed by atoms with Gasteiger partial charge in [-0.3, -0.25) is 0 Å². The van der Waals surface area contributed by atoms with Gasteiger partial charge in [0.1, 0.15) is 35.6 Å². The number of carbonyl (C=O) groups is 2. The van der Waals surface area contributed by atoms with E-state index in [2.05, 4.69) is 35.3 Å². The van der Waals surface area contributed by atoms with E-state index in [0.29, 0.717) is 11.1 Å². The van der Waals surface area contributed by atoms with Crippen LogP contribution in [0.25, 0.3) is 41.6 Å². The molecular weight excluding hydrogens is 617 g/mol. The summed E-state index contributed by atoms with van der Waals surface area (Å²) in [7, 11) is 0. The Morgan fingerprint density at radius 3 is 1.83 bits per heavy atom. The van der Waals surface area contributed by atoms with Gasteiger partial charge >= 0.3 is 11.9 Å². The molecule has 0 amide bonds. The van der Waals surface area contributed by atoms with Crippen LogP contribution in [0.1, 0.15) is 19.4 Å². The van der Waals surface area contributed by atoms with Crippen LogP contribution in [0.3, 0.4) is 0 Å². The smallest absolute Gasteiger partial charge is 0.333 e. The van der Waals surface area contributed by atoms with Crippen molar-refractivity contribution in [3.8, 4) is 26.9 Å². The number of carbonyl (C=O) groups excluding carboxylic acids is 2. The standard InChI is InChI=1S/C19H17NO3S.C18H15NO2S/c1-13(2)19(21)23-12-11-22-16-9-5-3-7-14(16)18-20-15-8-4-6-10-17(15)24-18;1-12(2)18(20)21-11-13-7-9-14(10-8-13)17-19-15-5-3-4-6-16(15)22-17/h3-10H,1,11-12H2,2H3;3-10H,1,11H2,2H3. The molecule has 0 N–H and O–H groups in total. The first-order valence-electron chi connectivity index (χ1n) is 14.5. The van der Waals surface area contributed by atoms with Crippen LogP contribution in [-0.2, 0) is 25.7 Å². The third-order valence-electron chi connectivity index (χ3n) is 6.55. The lowest BCUT2D eigenvalue weighted by Gasteiger charge is -2.10. The summed E-state index contributed by atoms with van der Waals surface area (Å²) in [5.41, 5.74) is 5.72. The van der Waals surface area contributed by atoms with Crippen molar-refractivity contribution >= 4 is 55.0 Å². The minimum absolute atomic E-state index is 0.180. The van der Waals surface area contributed by atoms with Crippen molar-refractivity contribution in [2.24, 2.45) is 0 Å². The Morgan fingerprint density at radius 1 is 0.652 bits per heavy atom. The van der Waals surface area contributed by atoms with Crippen LogP contribution < -0.4 is 4.74 Å². The maximum atomic E-state index is 11.4. The number of thiazole rings is 2. The molecule has 0 saturated carbocycles. The van der Waals surface area contributed by atoms with E-state index in [0.717, 1.165) is 48.2 Å². The summed E-state index contributed by atoms with van der Waals surface area (Å²) in [4.78, 5) is 32.0. The molecule has 46 heavy (non-hydrogen) atoms. The number of para-hydroxylation sites is 3. The van der Waals surface area contributed by atoms with Crippen molar-refractivity contribution in [2.75, 3.05) is 13.2 Å². The fraction of sp³-hybridized carbons (Fsp3) is 0.135. The third kappa shape index (κ3) is 8.32.